The van der Waals surface area contributed by atoms with Crippen molar-refractivity contribution < 1.29 is 9.47 Å². The summed E-state index contributed by atoms with van der Waals surface area (Å²) in [6.45, 7) is 3.84. The lowest BCUT2D eigenvalue weighted by Gasteiger charge is -2.08. The van der Waals surface area contributed by atoms with Crippen LogP contribution in [0.25, 0.3) is 11.1 Å². The SMILES string of the molecule is Cc1ccc(COCCOc2ccc(-c3ccccc3)cc2)cc1. The van der Waals surface area contributed by atoms with Gasteiger partial charge in [0.25, 0.3) is 0 Å². The van der Waals surface area contributed by atoms with Gasteiger partial charge in [-0.25, -0.2) is 0 Å². The zero-order valence-corrected chi connectivity index (χ0v) is 13.9. The highest BCUT2D eigenvalue weighted by molar-refractivity contribution is 5.63. The molecular weight excluding hydrogens is 296 g/mol. The minimum absolute atomic E-state index is 0.552. The van der Waals surface area contributed by atoms with Crippen molar-refractivity contribution in [3.05, 3.63) is 90.0 Å². The van der Waals surface area contributed by atoms with Crippen LogP contribution in [0.15, 0.2) is 78.9 Å². The van der Waals surface area contributed by atoms with Crippen molar-refractivity contribution in [1.29, 1.82) is 0 Å². The molecule has 0 aliphatic heterocycles. The van der Waals surface area contributed by atoms with Crippen LogP contribution in [0, 0.1) is 6.92 Å². The first kappa shape index (κ1) is 16.3. The summed E-state index contributed by atoms with van der Waals surface area (Å²) in [4.78, 5) is 0. The van der Waals surface area contributed by atoms with E-state index in [9.17, 15) is 0 Å². The van der Waals surface area contributed by atoms with E-state index in [2.05, 4.69) is 55.5 Å². The highest BCUT2D eigenvalue weighted by Crippen LogP contribution is 2.21. The number of hydrogen-bond acceptors (Lipinski definition) is 2. The molecule has 2 heteroatoms. The fourth-order valence-corrected chi connectivity index (χ4v) is 2.47. The van der Waals surface area contributed by atoms with Crippen molar-refractivity contribution in [3.63, 3.8) is 0 Å². The van der Waals surface area contributed by atoms with E-state index >= 15 is 0 Å². The first-order valence-corrected chi connectivity index (χ1v) is 8.23. The van der Waals surface area contributed by atoms with Crippen molar-refractivity contribution in [1.82, 2.24) is 0 Å². The Morgan fingerprint density at radius 3 is 2.04 bits per heavy atom. The van der Waals surface area contributed by atoms with Crippen LogP contribution < -0.4 is 4.74 Å². The quantitative estimate of drug-likeness (QED) is 0.553. The first-order chi connectivity index (χ1) is 11.8. The van der Waals surface area contributed by atoms with Gasteiger partial charge in [0.15, 0.2) is 0 Å². The predicted molar refractivity (Wildman–Crippen MR) is 98.2 cm³/mol. The Kier molecular flexibility index (Phi) is 5.65. The second kappa shape index (κ2) is 8.32. The van der Waals surface area contributed by atoms with E-state index in [1.54, 1.807) is 0 Å². The smallest absolute Gasteiger partial charge is 0.119 e. The molecule has 0 aliphatic carbocycles. The normalized spacial score (nSPS) is 10.5. The molecule has 0 fully saturated rings. The van der Waals surface area contributed by atoms with Crippen molar-refractivity contribution in [2.45, 2.75) is 13.5 Å². The molecule has 0 amide bonds. The van der Waals surface area contributed by atoms with E-state index < -0.39 is 0 Å². The molecule has 0 saturated heterocycles. The number of aryl methyl sites for hydroxylation is 1. The van der Waals surface area contributed by atoms with E-state index in [-0.39, 0.29) is 0 Å². The van der Waals surface area contributed by atoms with Gasteiger partial charge in [0.05, 0.1) is 13.2 Å². The third kappa shape index (κ3) is 4.71. The third-order valence-corrected chi connectivity index (χ3v) is 3.85. The topological polar surface area (TPSA) is 18.5 Å². The zero-order chi connectivity index (χ0) is 16.6. The molecule has 0 N–H and O–H groups in total. The van der Waals surface area contributed by atoms with Gasteiger partial charge in [0.2, 0.25) is 0 Å². The average Bonchev–Trinajstić information content (AvgIpc) is 2.64. The minimum atomic E-state index is 0.552. The van der Waals surface area contributed by atoms with E-state index in [0.717, 1.165) is 5.75 Å². The average molecular weight is 318 g/mol. The fourth-order valence-electron chi connectivity index (χ4n) is 2.47. The van der Waals surface area contributed by atoms with Crippen LogP contribution in [0.1, 0.15) is 11.1 Å². The Hall–Kier alpha value is -2.58. The molecule has 122 valence electrons. The summed E-state index contributed by atoms with van der Waals surface area (Å²) >= 11 is 0. The first-order valence-electron chi connectivity index (χ1n) is 8.23. The molecular formula is C22H22O2. The maximum Gasteiger partial charge on any atom is 0.119 e. The Balaban J connectivity index is 1.41. The molecule has 0 atom stereocenters. The Labute approximate surface area is 143 Å². The predicted octanol–water partition coefficient (Wildman–Crippen LogP) is 5.26. The van der Waals surface area contributed by atoms with Crippen LogP contribution in [0.2, 0.25) is 0 Å². The fraction of sp³-hybridized carbons (Fsp3) is 0.182. The Morgan fingerprint density at radius 1 is 0.667 bits per heavy atom. The lowest BCUT2D eigenvalue weighted by atomic mass is 10.1. The van der Waals surface area contributed by atoms with Gasteiger partial charge in [-0.15, -0.1) is 0 Å². The molecule has 0 aromatic heterocycles. The molecule has 3 rings (SSSR count). The van der Waals surface area contributed by atoms with Crippen molar-refractivity contribution in [3.8, 4) is 16.9 Å². The number of hydrogen-bond donors (Lipinski definition) is 0. The maximum absolute atomic E-state index is 5.73. The van der Waals surface area contributed by atoms with Gasteiger partial charge in [0, 0.05) is 0 Å². The van der Waals surface area contributed by atoms with Crippen LogP contribution in [0.4, 0.5) is 0 Å². The molecule has 2 nitrogen and oxygen atoms in total. The van der Waals surface area contributed by atoms with Gasteiger partial charge in [-0.3, -0.25) is 0 Å². The third-order valence-electron chi connectivity index (χ3n) is 3.85. The molecule has 0 unspecified atom stereocenters. The second-order valence-corrected chi connectivity index (χ2v) is 5.78. The summed E-state index contributed by atoms with van der Waals surface area (Å²) in [5.41, 5.74) is 4.86. The summed E-state index contributed by atoms with van der Waals surface area (Å²) in [5.74, 6) is 0.869. The second-order valence-electron chi connectivity index (χ2n) is 5.78. The molecule has 24 heavy (non-hydrogen) atoms. The van der Waals surface area contributed by atoms with Crippen LogP contribution in [-0.2, 0) is 11.3 Å². The highest BCUT2D eigenvalue weighted by atomic mass is 16.5. The summed E-state index contributed by atoms with van der Waals surface area (Å²) in [5, 5.41) is 0. The van der Waals surface area contributed by atoms with Gasteiger partial charge in [-0.2, -0.15) is 0 Å². The standard InChI is InChI=1S/C22H22O2/c1-18-7-9-19(10-8-18)17-23-15-16-24-22-13-11-21(12-14-22)20-5-3-2-4-6-20/h2-14H,15-17H2,1H3. The molecule has 0 aliphatic rings. The molecule has 0 radical (unpaired) electrons. The van der Waals surface area contributed by atoms with E-state index in [4.69, 9.17) is 9.47 Å². The van der Waals surface area contributed by atoms with Crippen LogP contribution in [0.3, 0.4) is 0 Å². The Bertz CT molecular complexity index is 731. The lowest BCUT2D eigenvalue weighted by molar-refractivity contribution is 0.0889. The lowest BCUT2D eigenvalue weighted by Crippen LogP contribution is -2.06. The molecule has 3 aromatic carbocycles. The van der Waals surface area contributed by atoms with Crippen LogP contribution >= 0.6 is 0 Å². The molecule has 0 heterocycles. The minimum Gasteiger partial charge on any atom is -0.491 e. The molecule has 0 saturated carbocycles. The maximum atomic E-state index is 5.73. The van der Waals surface area contributed by atoms with Crippen LogP contribution in [0.5, 0.6) is 5.75 Å². The summed E-state index contributed by atoms with van der Waals surface area (Å²) in [6.07, 6.45) is 0. The van der Waals surface area contributed by atoms with Gasteiger partial charge in [0.1, 0.15) is 12.4 Å². The summed E-state index contributed by atoms with van der Waals surface area (Å²) < 4.78 is 11.4. The monoisotopic (exact) mass is 318 g/mol. The largest absolute Gasteiger partial charge is 0.491 e. The van der Waals surface area contributed by atoms with Crippen molar-refractivity contribution in [2.75, 3.05) is 13.2 Å². The molecule has 0 bridgehead atoms. The number of benzene rings is 3. The van der Waals surface area contributed by atoms with Crippen LogP contribution in [-0.4, -0.2) is 13.2 Å². The Morgan fingerprint density at radius 2 is 1.33 bits per heavy atom. The van der Waals surface area contributed by atoms with E-state index in [0.29, 0.717) is 19.8 Å². The van der Waals surface area contributed by atoms with Crippen molar-refractivity contribution >= 4 is 0 Å². The molecule has 0 spiro atoms. The van der Waals surface area contributed by atoms with Gasteiger partial charge < -0.3 is 9.47 Å². The summed E-state index contributed by atoms with van der Waals surface area (Å²) in [6, 6.07) is 26.9. The number of ether oxygens (including phenoxy) is 2. The van der Waals surface area contributed by atoms with Gasteiger partial charge >= 0.3 is 0 Å². The molecule has 3 aromatic rings. The van der Waals surface area contributed by atoms with Crippen molar-refractivity contribution in [2.24, 2.45) is 0 Å². The van der Waals surface area contributed by atoms with Gasteiger partial charge in [-0.1, -0.05) is 72.3 Å². The highest BCUT2D eigenvalue weighted by Gasteiger charge is 1.99. The summed E-state index contributed by atoms with van der Waals surface area (Å²) in [7, 11) is 0. The van der Waals surface area contributed by atoms with E-state index in [1.165, 1.54) is 22.3 Å². The van der Waals surface area contributed by atoms with E-state index in [1.807, 2.05) is 30.3 Å². The van der Waals surface area contributed by atoms with Gasteiger partial charge in [-0.05, 0) is 35.7 Å². The zero-order valence-electron chi connectivity index (χ0n) is 13.9. The number of rotatable bonds is 7.